The molecule has 0 bridgehead atoms. The van der Waals surface area contributed by atoms with Crippen LogP contribution in [0.2, 0.25) is 0 Å². The van der Waals surface area contributed by atoms with E-state index in [1.807, 2.05) is 36.4 Å². The first-order valence-electron chi connectivity index (χ1n) is 8.76. The van der Waals surface area contributed by atoms with Crippen LogP contribution in [0.3, 0.4) is 0 Å². The van der Waals surface area contributed by atoms with Crippen LogP contribution >= 0.6 is 0 Å². The quantitative estimate of drug-likeness (QED) is 0.843. The first-order chi connectivity index (χ1) is 12.4. The largest absolute Gasteiger partial charge is 0.377 e. The molecule has 0 aliphatic carbocycles. The van der Waals surface area contributed by atoms with Crippen LogP contribution in [0.5, 0.6) is 0 Å². The van der Waals surface area contributed by atoms with E-state index >= 15 is 0 Å². The molecule has 0 saturated heterocycles. The summed E-state index contributed by atoms with van der Waals surface area (Å²) in [6.45, 7) is 3.71. The molecule has 25 heavy (non-hydrogen) atoms. The Morgan fingerprint density at radius 3 is 1.44 bits per heavy atom. The second-order valence-electron chi connectivity index (χ2n) is 5.79. The van der Waals surface area contributed by atoms with Gasteiger partial charge in [-0.1, -0.05) is 60.7 Å². The molecule has 0 unspecified atom stereocenters. The average Bonchev–Trinajstić information content (AvgIpc) is 2.70. The molecule has 3 rings (SSSR count). The van der Waals surface area contributed by atoms with Crippen LogP contribution in [0.1, 0.15) is 17.5 Å². The molecule has 4 nitrogen and oxygen atoms in total. The van der Waals surface area contributed by atoms with E-state index < -0.39 is 0 Å². The highest BCUT2D eigenvalue weighted by atomic mass is 16.5. The Labute approximate surface area is 149 Å². The molecule has 2 aromatic rings. The Morgan fingerprint density at radius 1 is 0.560 bits per heavy atom. The van der Waals surface area contributed by atoms with E-state index in [9.17, 15) is 0 Å². The third-order valence-corrected chi connectivity index (χ3v) is 4.00. The number of ether oxygens (including phenoxy) is 2. The van der Waals surface area contributed by atoms with Crippen LogP contribution in [0.4, 0.5) is 0 Å². The van der Waals surface area contributed by atoms with E-state index in [0.29, 0.717) is 45.9 Å². The van der Waals surface area contributed by atoms with E-state index in [2.05, 4.69) is 24.3 Å². The van der Waals surface area contributed by atoms with Crippen molar-refractivity contribution in [3.05, 3.63) is 71.8 Å². The minimum absolute atomic E-state index is 0.603. The predicted molar refractivity (Wildman–Crippen MR) is 102 cm³/mol. The van der Waals surface area contributed by atoms with Crippen LogP contribution < -0.4 is 0 Å². The lowest BCUT2D eigenvalue weighted by Gasteiger charge is -2.11. The number of benzene rings is 2. The van der Waals surface area contributed by atoms with E-state index in [1.165, 1.54) is 0 Å². The summed E-state index contributed by atoms with van der Waals surface area (Å²) in [5, 5.41) is 0. The van der Waals surface area contributed by atoms with E-state index in [1.54, 1.807) is 0 Å². The van der Waals surface area contributed by atoms with Gasteiger partial charge in [0, 0.05) is 17.8 Å². The standard InChI is InChI=1S/C21H24N2O2/c1-3-7-18(8-4-1)20-17-21(19-9-5-2-6-10-19)23-12-14-25-16-15-24-13-11-22-20/h1-10H,11-17H2. The normalized spacial score (nSPS) is 17.4. The number of nitrogens with zero attached hydrogens (tertiary/aromatic N) is 2. The van der Waals surface area contributed by atoms with Gasteiger partial charge in [0.25, 0.3) is 0 Å². The van der Waals surface area contributed by atoms with Gasteiger partial charge in [-0.15, -0.1) is 0 Å². The number of rotatable bonds is 2. The summed E-state index contributed by atoms with van der Waals surface area (Å²) in [4.78, 5) is 9.61. The zero-order valence-corrected chi connectivity index (χ0v) is 14.4. The Bertz CT molecular complexity index is 635. The molecule has 0 spiro atoms. The minimum atomic E-state index is 0.603. The van der Waals surface area contributed by atoms with Gasteiger partial charge in [-0.05, 0) is 11.1 Å². The molecule has 1 aliphatic rings. The lowest BCUT2D eigenvalue weighted by atomic mass is 10.00. The zero-order valence-electron chi connectivity index (χ0n) is 14.4. The fraction of sp³-hybridized carbons (Fsp3) is 0.333. The smallest absolute Gasteiger partial charge is 0.0701 e. The molecule has 0 aromatic heterocycles. The third kappa shape index (κ3) is 5.62. The first-order valence-corrected chi connectivity index (χ1v) is 8.76. The van der Waals surface area contributed by atoms with Gasteiger partial charge in [0.15, 0.2) is 0 Å². The maximum Gasteiger partial charge on any atom is 0.0701 e. The summed E-state index contributed by atoms with van der Waals surface area (Å²) in [7, 11) is 0. The summed E-state index contributed by atoms with van der Waals surface area (Å²) >= 11 is 0. The van der Waals surface area contributed by atoms with Crippen LogP contribution in [-0.4, -0.2) is 50.9 Å². The van der Waals surface area contributed by atoms with Gasteiger partial charge in [0.1, 0.15) is 0 Å². The molecular weight excluding hydrogens is 312 g/mol. The van der Waals surface area contributed by atoms with Crippen molar-refractivity contribution < 1.29 is 9.47 Å². The molecule has 0 radical (unpaired) electrons. The first kappa shape index (κ1) is 17.5. The molecule has 1 heterocycles. The van der Waals surface area contributed by atoms with Crippen LogP contribution in [0.25, 0.3) is 0 Å². The van der Waals surface area contributed by atoms with Crippen LogP contribution in [0.15, 0.2) is 70.6 Å². The van der Waals surface area contributed by atoms with Gasteiger partial charge in [0.05, 0.1) is 39.5 Å². The molecular formula is C21H24N2O2. The van der Waals surface area contributed by atoms with Crippen molar-refractivity contribution in [1.29, 1.82) is 0 Å². The van der Waals surface area contributed by atoms with Gasteiger partial charge in [-0.3, -0.25) is 9.98 Å². The molecule has 130 valence electrons. The number of aliphatic imine (C=N–C) groups is 2. The van der Waals surface area contributed by atoms with Crippen LogP contribution in [-0.2, 0) is 9.47 Å². The van der Waals surface area contributed by atoms with Gasteiger partial charge >= 0.3 is 0 Å². The van der Waals surface area contributed by atoms with Crippen molar-refractivity contribution in [3.63, 3.8) is 0 Å². The van der Waals surface area contributed by atoms with Crippen molar-refractivity contribution >= 4 is 11.4 Å². The minimum Gasteiger partial charge on any atom is -0.377 e. The maximum atomic E-state index is 5.57. The van der Waals surface area contributed by atoms with Crippen molar-refractivity contribution in [2.75, 3.05) is 39.5 Å². The van der Waals surface area contributed by atoms with Gasteiger partial charge in [-0.25, -0.2) is 0 Å². The van der Waals surface area contributed by atoms with Crippen molar-refractivity contribution in [1.82, 2.24) is 0 Å². The number of hydrogen-bond acceptors (Lipinski definition) is 4. The Kier molecular flexibility index (Phi) is 6.91. The summed E-state index contributed by atoms with van der Waals surface area (Å²) in [6, 6.07) is 20.6. The Morgan fingerprint density at radius 2 is 1.00 bits per heavy atom. The SMILES string of the molecule is c1ccc(C2=NCCOCCOCCN=C(c3ccccc3)C2)cc1. The maximum absolute atomic E-state index is 5.57. The summed E-state index contributed by atoms with van der Waals surface area (Å²) in [5.41, 5.74) is 4.37. The lowest BCUT2D eigenvalue weighted by molar-refractivity contribution is 0.0541. The molecule has 0 fully saturated rings. The second kappa shape index (κ2) is 9.87. The van der Waals surface area contributed by atoms with Crippen LogP contribution in [0, 0.1) is 0 Å². The van der Waals surface area contributed by atoms with E-state index in [-0.39, 0.29) is 0 Å². The molecule has 0 saturated carbocycles. The van der Waals surface area contributed by atoms with E-state index in [4.69, 9.17) is 19.5 Å². The lowest BCUT2D eigenvalue weighted by Crippen LogP contribution is -2.13. The average molecular weight is 336 g/mol. The van der Waals surface area contributed by atoms with E-state index in [0.717, 1.165) is 22.6 Å². The topological polar surface area (TPSA) is 43.2 Å². The highest BCUT2D eigenvalue weighted by Gasteiger charge is 2.11. The predicted octanol–water partition coefficient (Wildman–Crippen LogP) is 3.40. The molecule has 1 aliphatic heterocycles. The Hall–Kier alpha value is -2.30. The fourth-order valence-corrected chi connectivity index (χ4v) is 2.73. The third-order valence-electron chi connectivity index (χ3n) is 4.00. The van der Waals surface area contributed by atoms with Gasteiger partial charge < -0.3 is 9.47 Å². The molecule has 0 amide bonds. The monoisotopic (exact) mass is 336 g/mol. The molecule has 0 N–H and O–H groups in total. The second-order valence-corrected chi connectivity index (χ2v) is 5.79. The summed E-state index contributed by atoms with van der Waals surface area (Å²) in [6.07, 6.45) is 0.702. The molecule has 2 aromatic carbocycles. The van der Waals surface area contributed by atoms with Gasteiger partial charge in [-0.2, -0.15) is 0 Å². The highest BCUT2D eigenvalue weighted by molar-refractivity contribution is 6.17. The van der Waals surface area contributed by atoms with Crippen molar-refractivity contribution in [2.45, 2.75) is 6.42 Å². The summed E-state index contributed by atoms with van der Waals surface area (Å²) < 4.78 is 11.1. The fourth-order valence-electron chi connectivity index (χ4n) is 2.73. The Balaban J connectivity index is 1.89. The molecule has 0 atom stereocenters. The van der Waals surface area contributed by atoms with Crippen molar-refractivity contribution in [3.8, 4) is 0 Å². The highest BCUT2D eigenvalue weighted by Crippen LogP contribution is 2.12. The number of hydrogen-bond donors (Lipinski definition) is 0. The van der Waals surface area contributed by atoms with Gasteiger partial charge in [0.2, 0.25) is 0 Å². The molecule has 4 heteroatoms. The summed E-state index contributed by atoms with van der Waals surface area (Å²) in [5.74, 6) is 0. The van der Waals surface area contributed by atoms with Crippen molar-refractivity contribution in [2.24, 2.45) is 9.98 Å². The zero-order chi connectivity index (χ0) is 17.2.